The van der Waals surface area contributed by atoms with Crippen molar-refractivity contribution in [1.29, 1.82) is 0 Å². The van der Waals surface area contributed by atoms with Crippen molar-refractivity contribution in [2.24, 2.45) is 0 Å². The summed E-state index contributed by atoms with van der Waals surface area (Å²) in [6, 6.07) is 23.0. The summed E-state index contributed by atoms with van der Waals surface area (Å²) in [4.78, 5) is 4.15. The molecule has 0 saturated carbocycles. The summed E-state index contributed by atoms with van der Waals surface area (Å²) in [6.45, 7) is 1.87. The lowest BCUT2D eigenvalue weighted by Crippen LogP contribution is -2.36. The Balaban J connectivity index is 1.03. The average Bonchev–Trinajstić information content (AvgIpc) is 3.59. The first kappa shape index (κ1) is 22.8. The highest BCUT2D eigenvalue weighted by molar-refractivity contribution is 5.80. The van der Waals surface area contributed by atoms with Crippen LogP contribution in [0.4, 0.5) is 0 Å². The number of hydrazine groups is 2. The molecule has 0 fully saturated rings. The Labute approximate surface area is 206 Å². The Kier molecular flexibility index (Phi) is 7.45. The van der Waals surface area contributed by atoms with Crippen molar-refractivity contribution < 1.29 is 0 Å². The third kappa shape index (κ3) is 5.94. The number of hydrogen-bond acceptors (Lipinski definition) is 6. The lowest BCUT2D eigenvalue weighted by atomic mass is 9.98. The van der Waals surface area contributed by atoms with Crippen molar-refractivity contribution in [3.05, 3.63) is 97.1 Å². The number of aryl methyl sites for hydroxylation is 1. The Morgan fingerprint density at radius 2 is 1.46 bits per heavy atom. The molecule has 2 aromatic heterocycles. The lowest BCUT2D eigenvalue weighted by Gasteiger charge is -2.14. The molecule has 5 rings (SSSR count). The molecule has 2 aromatic carbocycles. The van der Waals surface area contributed by atoms with Crippen LogP contribution in [0.3, 0.4) is 0 Å². The van der Waals surface area contributed by atoms with Crippen molar-refractivity contribution in [2.45, 2.75) is 38.6 Å². The van der Waals surface area contributed by atoms with Crippen LogP contribution in [-0.2, 0) is 6.54 Å². The highest BCUT2D eigenvalue weighted by atomic mass is 15.7. The molecule has 0 amide bonds. The van der Waals surface area contributed by atoms with Crippen molar-refractivity contribution in [2.75, 3.05) is 6.54 Å². The van der Waals surface area contributed by atoms with Crippen molar-refractivity contribution >= 4 is 5.70 Å². The smallest absolute Gasteiger partial charge is 0.114 e. The number of rotatable bonds is 11. The minimum absolute atomic E-state index is 0.878. The predicted octanol–water partition coefficient (Wildman–Crippen LogP) is 5.28. The minimum atomic E-state index is 0.878. The Bertz CT molecular complexity index is 1230. The number of aromatic nitrogens is 4. The third-order valence-electron chi connectivity index (χ3n) is 6.20. The maximum atomic E-state index is 4.26. The molecule has 0 bridgehead atoms. The van der Waals surface area contributed by atoms with E-state index in [4.69, 9.17) is 0 Å². The van der Waals surface area contributed by atoms with Crippen molar-refractivity contribution in [3.63, 3.8) is 0 Å². The molecule has 0 spiro atoms. The monoisotopic (exact) mass is 465 g/mol. The van der Waals surface area contributed by atoms with Gasteiger partial charge in [0.1, 0.15) is 5.69 Å². The van der Waals surface area contributed by atoms with E-state index in [2.05, 4.69) is 92.1 Å². The SMILES string of the molecule is C1=C(c2ccccc2-c2ccccc2)NNN1CCCCCCCn1cc(-c2cccnc2)nn1. The standard InChI is InChI=1S/C28H31N7/c1(2-9-18-34-21-27(30-32-34)24-14-11-17-29-20-24)3-10-19-35-22-28(31-33-35)26-16-8-7-15-25(26)23-12-5-4-6-13-23/h4-8,11-17,20-22,31,33H,1-3,9-10,18-19H2. The summed E-state index contributed by atoms with van der Waals surface area (Å²) < 4.78 is 1.93. The Hall–Kier alpha value is -3.97. The van der Waals surface area contributed by atoms with E-state index < -0.39 is 0 Å². The number of nitrogens with zero attached hydrogens (tertiary/aromatic N) is 5. The zero-order valence-electron chi connectivity index (χ0n) is 19.8. The molecule has 0 saturated heterocycles. The predicted molar refractivity (Wildman–Crippen MR) is 139 cm³/mol. The second-order valence-corrected chi connectivity index (χ2v) is 8.76. The van der Waals surface area contributed by atoms with Gasteiger partial charge in [-0.25, -0.2) is 0 Å². The van der Waals surface area contributed by atoms with E-state index in [0.717, 1.165) is 42.9 Å². The number of benzene rings is 2. The summed E-state index contributed by atoms with van der Waals surface area (Å²) in [5.41, 5.74) is 13.3. The molecule has 0 atom stereocenters. The highest BCUT2D eigenvalue weighted by Crippen LogP contribution is 2.28. The third-order valence-corrected chi connectivity index (χ3v) is 6.20. The van der Waals surface area contributed by atoms with E-state index in [-0.39, 0.29) is 0 Å². The summed E-state index contributed by atoms with van der Waals surface area (Å²) >= 11 is 0. The molecule has 2 N–H and O–H groups in total. The van der Waals surface area contributed by atoms with Crippen LogP contribution in [0.5, 0.6) is 0 Å². The molecule has 3 heterocycles. The minimum Gasteiger partial charge on any atom is -0.302 e. The number of unbranched alkanes of at least 4 members (excludes halogenated alkanes) is 4. The van der Waals surface area contributed by atoms with E-state index in [1.165, 1.54) is 36.0 Å². The van der Waals surface area contributed by atoms with Crippen LogP contribution in [0.15, 0.2) is 91.5 Å². The largest absolute Gasteiger partial charge is 0.302 e. The fraction of sp³-hybridized carbons (Fsp3) is 0.250. The molecule has 0 radical (unpaired) electrons. The van der Waals surface area contributed by atoms with Gasteiger partial charge in [-0.15, -0.1) is 10.6 Å². The van der Waals surface area contributed by atoms with E-state index in [0.29, 0.717) is 0 Å². The summed E-state index contributed by atoms with van der Waals surface area (Å²) in [5, 5.41) is 10.7. The van der Waals surface area contributed by atoms with Crippen LogP contribution >= 0.6 is 0 Å². The van der Waals surface area contributed by atoms with Crippen LogP contribution in [0.1, 0.15) is 37.7 Å². The summed E-state index contributed by atoms with van der Waals surface area (Å²) in [5.74, 6) is 0. The number of hydrogen-bond donors (Lipinski definition) is 2. The Morgan fingerprint density at radius 1 is 0.714 bits per heavy atom. The van der Waals surface area contributed by atoms with Gasteiger partial charge in [0.25, 0.3) is 0 Å². The second-order valence-electron chi connectivity index (χ2n) is 8.76. The van der Waals surface area contributed by atoms with E-state index in [1.807, 2.05) is 29.2 Å². The van der Waals surface area contributed by atoms with Gasteiger partial charge in [-0.05, 0) is 36.1 Å². The molecule has 0 aliphatic carbocycles. The number of pyridine rings is 1. The van der Waals surface area contributed by atoms with Gasteiger partial charge in [0, 0.05) is 42.8 Å². The van der Waals surface area contributed by atoms with Gasteiger partial charge in [0.05, 0.1) is 11.9 Å². The lowest BCUT2D eigenvalue weighted by molar-refractivity contribution is 0.266. The molecule has 7 nitrogen and oxygen atoms in total. The van der Waals surface area contributed by atoms with Crippen molar-refractivity contribution in [1.82, 2.24) is 35.9 Å². The molecule has 35 heavy (non-hydrogen) atoms. The molecule has 1 aliphatic rings. The van der Waals surface area contributed by atoms with Crippen LogP contribution < -0.4 is 11.0 Å². The molecule has 7 heteroatoms. The fourth-order valence-electron chi connectivity index (χ4n) is 4.34. The van der Waals surface area contributed by atoms with E-state index in [9.17, 15) is 0 Å². The van der Waals surface area contributed by atoms with E-state index >= 15 is 0 Å². The average molecular weight is 466 g/mol. The van der Waals surface area contributed by atoms with Gasteiger partial charge in [-0.3, -0.25) is 14.7 Å². The molecule has 4 aromatic rings. The maximum Gasteiger partial charge on any atom is 0.114 e. The van der Waals surface area contributed by atoms with Crippen molar-refractivity contribution in [3.8, 4) is 22.4 Å². The second kappa shape index (κ2) is 11.4. The van der Waals surface area contributed by atoms with Gasteiger partial charge in [0.2, 0.25) is 0 Å². The zero-order valence-corrected chi connectivity index (χ0v) is 19.8. The van der Waals surface area contributed by atoms with Gasteiger partial charge >= 0.3 is 0 Å². The first-order valence-electron chi connectivity index (χ1n) is 12.3. The first-order chi connectivity index (χ1) is 17.4. The van der Waals surface area contributed by atoms with Gasteiger partial charge in [-0.1, -0.05) is 79.1 Å². The zero-order chi connectivity index (χ0) is 23.7. The topological polar surface area (TPSA) is 70.9 Å². The van der Waals surface area contributed by atoms with Gasteiger partial charge < -0.3 is 5.43 Å². The molecular weight excluding hydrogens is 434 g/mol. The molecule has 0 unspecified atom stereocenters. The fourth-order valence-corrected chi connectivity index (χ4v) is 4.34. The van der Waals surface area contributed by atoms with Crippen LogP contribution in [0, 0.1) is 0 Å². The quantitative estimate of drug-likeness (QED) is 0.294. The molecule has 1 aliphatic heterocycles. The van der Waals surface area contributed by atoms with Gasteiger partial charge in [0.15, 0.2) is 0 Å². The summed E-state index contributed by atoms with van der Waals surface area (Å²) in [7, 11) is 0. The first-order valence-corrected chi connectivity index (χ1v) is 12.3. The maximum absolute atomic E-state index is 4.26. The van der Waals surface area contributed by atoms with E-state index in [1.54, 1.807) is 6.20 Å². The van der Waals surface area contributed by atoms with Crippen LogP contribution in [-0.4, -0.2) is 31.5 Å². The Morgan fingerprint density at radius 3 is 2.29 bits per heavy atom. The van der Waals surface area contributed by atoms with Gasteiger partial charge in [-0.2, -0.15) is 0 Å². The van der Waals surface area contributed by atoms with Crippen LogP contribution in [0.2, 0.25) is 0 Å². The highest BCUT2D eigenvalue weighted by Gasteiger charge is 2.15. The summed E-state index contributed by atoms with van der Waals surface area (Å²) in [6.07, 6.45) is 13.6. The normalized spacial score (nSPS) is 13.0. The van der Waals surface area contributed by atoms with Crippen LogP contribution in [0.25, 0.3) is 28.1 Å². The number of nitrogens with one attached hydrogen (secondary N) is 2. The molecular formula is C28H31N7. The molecule has 178 valence electrons.